The zero-order chi connectivity index (χ0) is 20.4. The standard InChI is InChI=1S/C19H25N5O4/c1-21-17(20)16(18(26)22(2)19(21)27)14(25)12-23-8-10-24(11-9-23)13-6-4-5-7-15(13)28-3/h4-7H,8-12,20H2,1-3H3/p+1. The van der Waals surface area contributed by atoms with Crippen LogP contribution in [0.5, 0.6) is 5.75 Å². The number of quaternary nitrogens is 1. The van der Waals surface area contributed by atoms with Crippen LogP contribution >= 0.6 is 0 Å². The number of nitrogens with two attached hydrogens (primary N) is 1. The lowest BCUT2D eigenvalue weighted by Gasteiger charge is -2.34. The fourth-order valence-corrected chi connectivity index (χ4v) is 3.57. The van der Waals surface area contributed by atoms with Crippen LogP contribution in [0.2, 0.25) is 0 Å². The number of Topliss-reactive ketones (excluding diaryl/α,β-unsaturated/α-hetero) is 1. The molecule has 1 aromatic carbocycles. The third kappa shape index (κ3) is 3.53. The first-order chi connectivity index (χ1) is 13.3. The van der Waals surface area contributed by atoms with Gasteiger partial charge in [0.1, 0.15) is 23.7 Å². The zero-order valence-corrected chi connectivity index (χ0v) is 16.4. The monoisotopic (exact) mass is 388 g/mol. The molecule has 0 saturated carbocycles. The van der Waals surface area contributed by atoms with Crippen LogP contribution in [-0.4, -0.2) is 54.8 Å². The molecule has 2 heterocycles. The van der Waals surface area contributed by atoms with Gasteiger partial charge < -0.3 is 20.3 Å². The van der Waals surface area contributed by atoms with Crippen LogP contribution in [0.25, 0.3) is 0 Å². The first-order valence-electron chi connectivity index (χ1n) is 9.15. The summed E-state index contributed by atoms with van der Waals surface area (Å²) in [6, 6.07) is 7.85. The molecule has 0 bridgehead atoms. The SMILES string of the molecule is COc1ccccc1N1CC[NH+](CC(=O)c2c(N)n(C)c(=O)n(C)c2=O)CC1. The van der Waals surface area contributed by atoms with Crippen LogP contribution < -0.4 is 31.5 Å². The number of hydrogen-bond acceptors (Lipinski definition) is 6. The van der Waals surface area contributed by atoms with Crippen molar-refractivity contribution in [1.82, 2.24) is 9.13 Å². The second-order valence-corrected chi connectivity index (χ2v) is 6.97. The molecule has 28 heavy (non-hydrogen) atoms. The first-order valence-corrected chi connectivity index (χ1v) is 9.15. The topological polar surface area (TPSA) is 104 Å². The Labute approximate surface area is 162 Å². The number of nitrogens with one attached hydrogen (secondary N) is 1. The van der Waals surface area contributed by atoms with Gasteiger partial charge in [0.2, 0.25) is 5.78 Å². The van der Waals surface area contributed by atoms with Gasteiger partial charge in [0.05, 0.1) is 39.0 Å². The fraction of sp³-hybridized carbons (Fsp3) is 0.421. The molecule has 0 atom stereocenters. The van der Waals surface area contributed by atoms with Crippen LogP contribution in [0.1, 0.15) is 10.4 Å². The molecule has 9 nitrogen and oxygen atoms in total. The molecule has 1 fully saturated rings. The highest BCUT2D eigenvalue weighted by atomic mass is 16.5. The minimum Gasteiger partial charge on any atom is -0.495 e. The number of nitrogens with zero attached hydrogens (tertiary/aromatic N) is 3. The van der Waals surface area contributed by atoms with Crippen molar-refractivity contribution in [2.24, 2.45) is 14.1 Å². The number of benzene rings is 1. The third-order valence-electron chi connectivity index (χ3n) is 5.30. The minimum atomic E-state index is -0.641. The molecule has 1 aromatic heterocycles. The molecule has 1 aliphatic heterocycles. The summed E-state index contributed by atoms with van der Waals surface area (Å²) in [5.74, 6) is 0.406. The molecule has 1 saturated heterocycles. The summed E-state index contributed by atoms with van der Waals surface area (Å²) in [4.78, 5) is 40.3. The van der Waals surface area contributed by atoms with Gasteiger partial charge in [-0.05, 0) is 12.1 Å². The van der Waals surface area contributed by atoms with Gasteiger partial charge in [-0.3, -0.25) is 18.7 Å². The quantitative estimate of drug-likeness (QED) is 0.590. The van der Waals surface area contributed by atoms with Gasteiger partial charge in [-0.1, -0.05) is 12.1 Å². The number of methoxy groups -OCH3 is 1. The zero-order valence-electron chi connectivity index (χ0n) is 16.4. The number of ether oxygens (including phenoxy) is 1. The maximum Gasteiger partial charge on any atom is 0.332 e. The highest BCUT2D eigenvalue weighted by molar-refractivity contribution is 6.00. The Morgan fingerprint density at radius 1 is 1.14 bits per heavy atom. The average molecular weight is 388 g/mol. The molecule has 2 aromatic rings. The van der Waals surface area contributed by atoms with Gasteiger partial charge in [0.15, 0.2) is 0 Å². The van der Waals surface area contributed by atoms with E-state index in [1.54, 1.807) is 7.11 Å². The number of carbonyl (C=O) groups is 1. The van der Waals surface area contributed by atoms with Crippen LogP contribution in [-0.2, 0) is 14.1 Å². The number of nitrogen functional groups attached to an aromatic ring is 1. The van der Waals surface area contributed by atoms with E-state index >= 15 is 0 Å². The van der Waals surface area contributed by atoms with Crippen molar-refractivity contribution in [3.63, 3.8) is 0 Å². The maximum absolute atomic E-state index is 12.8. The Bertz CT molecular complexity index is 1000. The van der Waals surface area contributed by atoms with E-state index in [1.165, 1.54) is 14.1 Å². The molecular formula is C19H26N5O4+. The van der Waals surface area contributed by atoms with Crippen molar-refractivity contribution in [3.05, 3.63) is 50.7 Å². The Morgan fingerprint density at radius 3 is 2.43 bits per heavy atom. The Kier molecular flexibility index (Phi) is 5.55. The maximum atomic E-state index is 12.8. The van der Waals surface area contributed by atoms with E-state index in [4.69, 9.17) is 10.5 Å². The normalized spacial score (nSPS) is 14.9. The van der Waals surface area contributed by atoms with Gasteiger partial charge in [0, 0.05) is 14.1 Å². The van der Waals surface area contributed by atoms with Crippen molar-refractivity contribution < 1.29 is 14.4 Å². The second kappa shape index (κ2) is 7.89. The van der Waals surface area contributed by atoms with E-state index in [1.807, 2.05) is 24.3 Å². The Hall–Kier alpha value is -3.07. The Morgan fingerprint density at radius 2 is 1.79 bits per heavy atom. The van der Waals surface area contributed by atoms with E-state index in [0.29, 0.717) is 0 Å². The number of piperazine rings is 1. The first kappa shape index (κ1) is 19.7. The van der Waals surface area contributed by atoms with Gasteiger partial charge in [-0.25, -0.2) is 4.79 Å². The summed E-state index contributed by atoms with van der Waals surface area (Å²) in [7, 11) is 4.45. The van der Waals surface area contributed by atoms with E-state index in [-0.39, 0.29) is 23.7 Å². The summed E-state index contributed by atoms with van der Waals surface area (Å²) in [6.07, 6.45) is 0. The minimum absolute atomic E-state index is 0.0786. The predicted molar refractivity (Wildman–Crippen MR) is 106 cm³/mol. The number of ketones is 1. The second-order valence-electron chi connectivity index (χ2n) is 6.97. The molecule has 0 spiro atoms. The van der Waals surface area contributed by atoms with Crippen molar-refractivity contribution in [2.75, 3.05) is 50.5 Å². The van der Waals surface area contributed by atoms with E-state index in [9.17, 15) is 14.4 Å². The lowest BCUT2D eigenvalue weighted by atomic mass is 10.1. The summed E-state index contributed by atoms with van der Waals surface area (Å²) >= 11 is 0. The molecule has 0 amide bonds. The van der Waals surface area contributed by atoms with Crippen LogP contribution in [0.15, 0.2) is 33.9 Å². The lowest BCUT2D eigenvalue weighted by Crippen LogP contribution is -3.15. The third-order valence-corrected chi connectivity index (χ3v) is 5.30. The van der Waals surface area contributed by atoms with Crippen molar-refractivity contribution >= 4 is 17.3 Å². The Balaban J connectivity index is 1.71. The largest absolute Gasteiger partial charge is 0.495 e. The molecule has 1 aliphatic rings. The molecule has 0 aliphatic carbocycles. The van der Waals surface area contributed by atoms with Gasteiger partial charge >= 0.3 is 5.69 Å². The summed E-state index contributed by atoms with van der Waals surface area (Å²) in [5, 5.41) is 0. The fourth-order valence-electron chi connectivity index (χ4n) is 3.57. The molecule has 9 heteroatoms. The van der Waals surface area contributed by atoms with E-state index in [2.05, 4.69) is 4.90 Å². The number of aromatic nitrogens is 2. The summed E-state index contributed by atoms with van der Waals surface area (Å²) in [5.41, 5.74) is 5.63. The molecule has 3 N–H and O–H groups in total. The van der Waals surface area contributed by atoms with Gasteiger partial charge in [0.25, 0.3) is 5.56 Å². The summed E-state index contributed by atoms with van der Waals surface area (Å²) in [6.45, 7) is 3.19. The lowest BCUT2D eigenvalue weighted by molar-refractivity contribution is -0.892. The molecule has 150 valence electrons. The molecular weight excluding hydrogens is 362 g/mol. The molecule has 3 rings (SSSR count). The number of hydrogen-bond donors (Lipinski definition) is 2. The van der Waals surface area contributed by atoms with Crippen LogP contribution in [0, 0.1) is 0 Å². The van der Waals surface area contributed by atoms with Crippen molar-refractivity contribution in [2.45, 2.75) is 0 Å². The van der Waals surface area contributed by atoms with Crippen molar-refractivity contribution in [3.8, 4) is 5.75 Å². The average Bonchev–Trinajstić information content (AvgIpc) is 2.71. The molecule has 0 radical (unpaired) electrons. The van der Waals surface area contributed by atoms with E-state index < -0.39 is 11.2 Å². The van der Waals surface area contributed by atoms with Crippen molar-refractivity contribution in [1.29, 1.82) is 0 Å². The number of anilines is 2. The predicted octanol–water partition coefficient (Wildman–Crippen LogP) is -1.74. The van der Waals surface area contributed by atoms with Gasteiger partial charge in [-0.15, -0.1) is 0 Å². The van der Waals surface area contributed by atoms with Crippen LogP contribution in [0.4, 0.5) is 11.5 Å². The number of rotatable bonds is 5. The van der Waals surface area contributed by atoms with E-state index in [0.717, 1.165) is 51.7 Å². The highest BCUT2D eigenvalue weighted by Gasteiger charge is 2.27. The van der Waals surface area contributed by atoms with Crippen LogP contribution in [0.3, 0.4) is 0 Å². The highest BCUT2D eigenvalue weighted by Crippen LogP contribution is 2.27. The number of para-hydroxylation sites is 2. The smallest absolute Gasteiger partial charge is 0.332 e. The molecule has 0 unspecified atom stereocenters. The van der Waals surface area contributed by atoms with Gasteiger partial charge in [-0.2, -0.15) is 0 Å². The summed E-state index contributed by atoms with van der Waals surface area (Å²) < 4.78 is 7.47. The number of carbonyl (C=O) groups excluding carboxylic acids is 1.